The molecular formula is C39H53ClN2O7. The molecule has 3 aromatic rings. The molecule has 0 spiro atoms. The molecule has 0 aliphatic rings. The highest BCUT2D eigenvalue weighted by atomic mass is 35.5. The summed E-state index contributed by atoms with van der Waals surface area (Å²) in [6.07, 6.45) is 4.62. The Hall–Kier alpha value is -3.31. The number of alkyl halides is 1. The summed E-state index contributed by atoms with van der Waals surface area (Å²) in [5, 5.41) is 5.79. The average molecular weight is 697 g/mol. The van der Waals surface area contributed by atoms with E-state index < -0.39 is 5.41 Å². The highest BCUT2D eigenvalue weighted by Crippen LogP contribution is 2.42. The third kappa shape index (κ3) is 15.8. The maximum atomic E-state index is 13.4. The van der Waals surface area contributed by atoms with Crippen molar-refractivity contribution < 1.29 is 33.3 Å². The van der Waals surface area contributed by atoms with E-state index in [0.29, 0.717) is 65.9 Å². The van der Waals surface area contributed by atoms with E-state index in [1.54, 1.807) is 0 Å². The summed E-state index contributed by atoms with van der Waals surface area (Å²) in [6.45, 7) is 4.78. The van der Waals surface area contributed by atoms with Gasteiger partial charge in [-0.1, -0.05) is 104 Å². The van der Waals surface area contributed by atoms with Crippen molar-refractivity contribution in [2.24, 2.45) is 0 Å². The van der Waals surface area contributed by atoms with Crippen molar-refractivity contribution in [1.29, 1.82) is 0 Å². The van der Waals surface area contributed by atoms with Crippen molar-refractivity contribution in [3.63, 3.8) is 0 Å². The summed E-state index contributed by atoms with van der Waals surface area (Å²) in [5.74, 6) is 0.462. The summed E-state index contributed by atoms with van der Waals surface area (Å²) >= 11 is 5.66. The molecule has 0 fully saturated rings. The number of rotatable bonds is 28. The van der Waals surface area contributed by atoms with Gasteiger partial charge in [-0.2, -0.15) is 0 Å². The number of unbranched alkanes of at least 4 members (excludes halogenated alkanes) is 3. The molecule has 0 aromatic heterocycles. The quantitative estimate of drug-likeness (QED) is 0.0585. The number of nitrogens with one attached hydrogen (secondary N) is 2. The van der Waals surface area contributed by atoms with E-state index >= 15 is 0 Å². The van der Waals surface area contributed by atoms with Crippen LogP contribution in [-0.2, 0) is 38.7 Å². The zero-order valence-electron chi connectivity index (χ0n) is 28.6. The molecular weight excluding hydrogens is 644 g/mol. The summed E-state index contributed by atoms with van der Waals surface area (Å²) < 4.78 is 27.5. The fourth-order valence-electron chi connectivity index (χ4n) is 5.43. The van der Waals surface area contributed by atoms with Crippen LogP contribution < -0.4 is 10.6 Å². The fraction of sp³-hybridized carbons (Fsp3) is 0.487. The Kier molecular flexibility index (Phi) is 21.0. The molecule has 2 N–H and O–H groups in total. The van der Waals surface area contributed by atoms with Crippen LogP contribution in [0.3, 0.4) is 0 Å². The predicted molar refractivity (Wildman–Crippen MR) is 193 cm³/mol. The molecule has 10 heteroatoms. The van der Waals surface area contributed by atoms with Gasteiger partial charge in [0.15, 0.2) is 0 Å². The van der Waals surface area contributed by atoms with Gasteiger partial charge >= 0.3 is 0 Å². The van der Waals surface area contributed by atoms with Crippen LogP contribution in [0.25, 0.3) is 0 Å². The van der Waals surface area contributed by atoms with Gasteiger partial charge in [0.1, 0.15) is 6.61 Å². The molecule has 0 unspecified atom stereocenters. The molecule has 2 amide bonds. The molecule has 0 saturated carbocycles. The van der Waals surface area contributed by atoms with Crippen LogP contribution in [0.4, 0.5) is 0 Å². The number of carbonyl (C=O) groups is 2. The minimum atomic E-state index is -0.639. The Morgan fingerprint density at radius 1 is 0.490 bits per heavy atom. The second kappa shape index (κ2) is 25.6. The maximum Gasteiger partial charge on any atom is 0.246 e. The van der Waals surface area contributed by atoms with Gasteiger partial charge in [-0.05, 0) is 29.5 Å². The molecule has 9 nitrogen and oxygen atoms in total. The van der Waals surface area contributed by atoms with E-state index in [-0.39, 0.29) is 24.8 Å². The second-order valence-electron chi connectivity index (χ2n) is 11.5. The molecule has 49 heavy (non-hydrogen) atoms. The highest BCUT2D eigenvalue weighted by Gasteiger charge is 2.38. The molecule has 268 valence electrons. The molecule has 0 saturated heterocycles. The number of ether oxygens (including phenoxy) is 5. The predicted octanol–water partition coefficient (Wildman–Crippen LogP) is 5.53. The van der Waals surface area contributed by atoms with Crippen LogP contribution >= 0.6 is 11.6 Å². The highest BCUT2D eigenvalue weighted by molar-refractivity contribution is 6.17. The van der Waals surface area contributed by atoms with Crippen molar-refractivity contribution >= 4 is 23.4 Å². The summed E-state index contributed by atoms with van der Waals surface area (Å²) in [7, 11) is 0. The van der Waals surface area contributed by atoms with Crippen molar-refractivity contribution in [3.05, 3.63) is 108 Å². The second-order valence-corrected chi connectivity index (χ2v) is 11.9. The first-order valence-corrected chi connectivity index (χ1v) is 17.8. The van der Waals surface area contributed by atoms with Crippen molar-refractivity contribution in [2.75, 3.05) is 85.0 Å². The lowest BCUT2D eigenvalue weighted by atomic mass is 9.67. The van der Waals surface area contributed by atoms with E-state index in [0.717, 1.165) is 54.9 Å². The van der Waals surface area contributed by atoms with Crippen molar-refractivity contribution in [3.8, 4) is 0 Å². The molecule has 0 heterocycles. The van der Waals surface area contributed by atoms with Crippen molar-refractivity contribution in [2.45, 2.75) is 37.5 Å². The topological polar surface area (TPSA) is 104 Å². The monoisotopic (exact) mass is 696 g/mol. The number of hydrogen-bond donors (Lipinski definition) is 2. The first kappa shape index (κ1) is 40.1. The van der Waals surface area contributed by atoms with Crippen LogP contribution in [-0.4, -0.2) is 96.9 Å². The normalized spacial score (nSPS) is 11.4. The number of halogens is 1. The number of benzene rings is 3. The third-order valence-corrected chi connectivity index (χ3v) is 8.15. The Bertz CT molecular complexity index is 1170. The lowest BCUT2D eigenvalue weighted by molar-refractivity contribution is -0.126. The first-order chi connectivity index (χ1) is 24.2. The standard InChI is InChI=1S/C39H53ClN2O7/c40-20-12-1-2-13-23-45-26-27-47-25-22-42-38(44)33-49-31-30-48-29-28-46-24-21-41-37(43)32-39(34-14-6-3-7-15-34,35-16-8-4-9-17-35)36-18-10-5-11-19-36/h3-11,14-19H,1-2,12-13,20-33H2,(H,41,43)(H,42,44). The molecule has 0 atom stereocenters. The molecule has 0 aliphatic carbocycles. The molecule has 0 aliphatic heterocycles. The van der Waals surface area contributed by atoms with Gasteiger partial charge in [-0.3, -0.25) is 9.59 Å². The van der Waals surface area contributed by atoms with Crippen LogP contribution in [0.1, 0.15) is 48.8 Å². The number of hydrogen-bond acceptors (Lipinski definition) is 7. The van der Waals surface area contributed by atoms with Crippen LogP contribution in [0.15, 0.2) is 91.0 Å². The Morgan fingerprint density at radius 2 is 0.898 bits per heavy atom. The number of carbonyl (C=O) groups excluding carboxylic acids is 2. The van der Waals surface area contributed by atoms with E-state index in [1.807, 2.05) is 54.6 Å². The molecule has 0 bridgehead atoms. The van der Waals surface area contributed by atoms with Gasteiger partial charge in [0.25, 0.3) is 0 Å². The maximum absolute atomic E-state index is 13.4. The van der Waals surface area contributed by atoms with E-state index in [2.05, 4.69) is 47.0 Å². The van der Waals surface area contributed by atoms with Gasteiger partial charge < -0.3 is 34.3 Å². The average Bonchev–Trinajstić information content (AvgIpc) is 3.14. The van der Waals surface area contributed by atoms with Crippen LogP contribution in [0.2, 0.25) is 0 Å². The van der Waals surface area contributed by atoms with E-state index in [9.17, 15) is 9.59 Å². The van der Waals surface area contributed by atoms with Gasteiger partial charge in [0.05, 0.1) is 58.3 Å². The minimum absolute atomic E-state index is 0.0352. The largest absolute Gasteiger partial charge is 0.379 e. The zero-order chi connectivity index (χ0) is 34.7. The van der Waals surface area contributed by atoms with Crippen LogP contribution in [0.5, 0.6) is 0 Å². The Labute approximate surface area is 297 Å². The molecule has 3 aromatic carbocycles. The SMILES string of the molecule is O=C(COCCOCCOCCNC(=O)CC(c1ccccc1)(c1ccccc1)c1ccccc1)NCCOCCOCCCCCCCl. The Balaban J connectivity index is 1.21. The fourth-order valence-corrected chi connectivity index (χ4v) is 5.62. The molecule has 3 rings (SSSR count). The van der Waals surface area contributed by atoms with Crippen LogP contribution in [0, 0.1) is 0 Å². The van der Waals surface area contributed by atoms with Gasteiger partial charge in [-0.25, -0.2) is 0 Å². The van der Waals surface area contributed by atoms with E-state index in [1.165, 1.54) is 0 Å². The summed E-state index contributed by atoms with van der Waals surface area (Å²) in [6, 6.07) is 30.5. The van der Waals surface area contributed by atoms with Gasteiger partial charge in [0.2, 0.25) is 11.8 Å². The molecule has 0 radical (unpaired) electrons. The summed E-state index contributed by atoms with van der Waals surface area (Å²) in [5.41, 5.74) is 2.54. The number of amides is 2. The zero-order valence-corrected chi connectivity index (χ0v) is 29.4. The lowest BCUT2D eigenvalue weighted by Gasteiger charge is -2.35. The Morgan fingerprint density at radius 3 is 1.39 bits per heavy atom. The third-order valence-electron chi connectivity index (χ3n) is 7.88. The van der Waals surface area contributed by atoms with Gasteiger partial charge in [-0.15, -0.1) is 11.6 Å². The first-order valence-electron chi connectivity index (χ1n) is 17.3. The van der Waals surface area contributed by atoms with E-state index in [4.69, 9.17) is 35.3 Å². The lowest BCUT2D eigenvalue weighted by Crippen LogP contribution is -2.38. The summed E-state index contributed by atoms with van der Waals surface area (Å²) in [4.78, 5) is 25.3. The smallest absolute Gasteiger partial charge is 0.246 e. The van der Waals surface area contributed by atoms with Gasteiger partial charge in [0, 0.05) is 32.0 Å². The van der Waals surface area contributed by atoms with Crippen molar-refractivity contribution in [1.82, 2.24) is 10.6 Å². The minimum Gasteiger partial charge on any atom is -0.379 e.